The van der Waals surface area contributed by atoms with E-state index in [4.69, 9.17) is 5.26 Å². The third-order valence-corrected chi connectivity index (χ3v) is 7.13. The fourth-order valence-corrected chi connectivity index (χ4v) is 7.40. The molecule has 0 amide bonds. The predicted molar refractivity (Wildman–Crippen MR) is 117 cm³/mol. The summed E-state index contributed by atoms with van der Waals surface area (Å²) in [5.41, 5.74) is 2.73. The van der Waals surface area contributed by atoms with Crippen LogP contribution in [0.2, 0.25) is 0 Å². The Kier molecular flexibility index (Phi) is 39.2. The average molecular weight is 773 g/mol. The van der Waals surface area contributed by atoms with Gasteiger partial charge >= 0.3 is 0 Å². The standard InChI is InChI=1S/C20H27P.C2H3N.Au.6FH.Sb/c1-19(2,3)21(20(4,5)6)18-15-11-10-14-17(18)16-12-8-7-9-13-16;1-2-3;;;;;;;;/h7-15H,1-6H3;1H3;;6*1H;/p-5. The van der Waals surface area contributed by atoms with E-state index in [1.54, 1.807) is 6.07 Å². The second-order valence-electron chi connectivity index (χ2n) is 7.78. The van der Waals surface area contributed by atoms with Crippen molar-refractivity contribution >= 4 is 37.7 Å². The van der Waals surface area contributed by atoms with Crippen molar-refractivity contribution in [3.8, 4) is 17.2 Å². The first-order valence-corrected chi connectivity index (χ1v) is 9.72. The third-order valence-electron chi connectivity index (χ3n) is 3.57. The SMILES string of the molecule is CC#N.CC(C)(C)P(c1ccccc1-c1ccccc1)C(C)(C)C.F.[Au].[F-].[F-].[F-].[F-].[F-].[Sb]. The Hall–Kier alpha value is -0.502. The van der Waals surface area contributed by atoms with Crippen molar-refractivity contribution in [2.24, 2.45) is 0 Å². The molecule has 0 saturated carbocycles. The Bertz CT molecular complexity index is 690. The first-order valence-electron chi connectivity index (χ1n) is 8.38. The zero-order valence-corrected chi connectivity index (χ0v) is 24.8. The largest absolute Gasteiger partial charge is 1.00 e. The van der Waals surface area contributed by atoms with Crippen LogP contribution in [0.25, 0.3) is 11.1 Å². The van der Waals surface area contributed by atoms with Crippen LogP contribution < -0.4 is 28.8 Å². The van der Waals surface area contributed by atoms with Crippen LogP contribution in [0.5, 0.6) is 0 Å². The molecule has 0 aliphatic heterocycles. The Balaban J connectivity index is -0.0000000828. The quantitative estimate of drug-likeness (QED) is 0.169. The van der Waals surface area contributed by atoms with Gasteiger partial charge in [0.1, 0.15) is 0 Å². The van der Waals surface area contributed by atoms with Gasteiger partial charge in [0.05, 0.1) is 6.07 Å². The zero-order valence-electron chi connectivity index (χ0n) is 19.1. The van der Waals surface area contributed by atoms with Crippen molar-refractivity contribution in [3.63, 3.8) is 0 Å². The number of nitriles is 1. The summed E-state index contributed by atoms with van der Waals surface area (Å²) in [4.78, 5) is 0. The molecule has 0 aliphatic rings. The van der Waals surface area contributed by atoms with Crippen LogP contribution in [0.4, 0.5) is 4.70 Å². The van der Waals surface area contributed by atoms with E-state index >= 15 is 0 Å². The molecule has 0 N–H and O–H groups in total. The minimum Gasteiger partial charge on any atom is -1.00 e. The normalized spacial score (nSPS) is 8.59. The molecule has 0 atom stereocenters. The van der Waals surface area contributed by atoms with E-state index in [0.717, 1.165) is 0 Å². The maximum absolute atomic E-state index is 7.32. The van der Waals surface area contributed by atoms with Crippen LogP contribution in [0, 0.1) is 11.3 Å². The van der Waals surface area contributed by atoms with Gasteiger partial charge in [0.2, 0.25) is 0 Å². The van der Waals surface area contributed by atoms with Gasteiger partial charge in [-0.25, -0.2) is 0 Å². The smallest absolute Gasteiger partial charge is 0.0587 e. The van der Waals surface area contributed by atoms with Crippen LogP contribution in [-0.4, -0.2) is 34.7 Å². The summed E-state index contributed by atoms with van der Waals surface area (Å²) < 4.78 is 0. The van der Waals surface area contributed by atoms with Gasteiger partial charge in [0, 0.05) is 53.7 Å². The van der Waals surface area contributed by atoms with E-state index < -0.39 is 0 Å². The molecule has 192 valence electrons. The van der Waals surface area contributed by atoms with E-state index in [1.165, 1.54) is 23.4 Å². The van der Waals surface area contributed by atoms with Crippen molar-refractivity contribution < 1.29 is 50.6 Å². The molecule has 0 unspecified atom stereocenters. The Morgan fingerprint density at radius 1 is 0.688 bits per heavy atom. The number of nitrogens with zero attached hydrogens (tertiary/aromatic N) is 1. The van der Waals surface area contributed by atoms with Crippen LogP contribution in [-0.2, 0) is 22.4 Å². The van der Waals surface area contributed by atoms with Gasteiger partial charge in [-0.15, -0.1) is 0 Å². The fourth-order valence-electron chi connectivity index (χ4n) is 3.26. The summed E-state index contributed by atoms with van der Waals surface area (Å²) in [5.74, 6) is 0. The van der Waals surface area contributed by atoms with Crippen molar-refractivity contribution in [2.75, 3.05) is 0 Å². The third kappa shape index (κ3) is 16.2. The topological polar surface area (TPSA) is 23.8 Å². The Morgan fingerprint density at radius 3 is 1.34 bits per heavy atom. The molecule has 0 aliphatic carbocycles. The molecule has 1 nitrogen and oxygen atoms in total. The monoisotopic (exact) mass is 772 g/mol. The second kappa shape index (κ2) is 23.6. The molecule has 2 rings (SSSR count). The van der Waals surface area contributed by atoms with Gasteiger partial charge in [0.15, 0.2) is 0 Å². The summed E-state index contributed by atoms with van der Waals surface area (Å²) in [6, 6.07) is 21.5. The number of halogens is 6. The minimum atomic E-state index is -0.282. The molecule has 0 fully saturated rings. The van der Waals surface area contributed by atoms with E-state index in [1.807, 2.05) is 0 Å². The minimum absolute atomic E-state index is 0. The maximum Gasteiger partial charge on any atom is 0.0587 e. The fraction of sp³-hybridized carbons (Fsp3) is 0.409. The molecule has 0 bridgehead atoms. The Labute approximate surface area is 223 Å². The average Bonchev–Trinajstić information content (AvgIpc) is 2.46. The number of hydrogen-bond donors (Lipinski definition) is 0. The van der Waals surface area contributed by atoms with Gasteiger partial charge in [-0.1, -0.05) is 104 Å². The molecule has 2 aromatic rings. The Morgan fingerprint density at radius 2 is 1.00 bits per heavy atom. The maximum atomic E-state index is 7.32. The van der Waals surface area contributed by atoms with Crippen LogP contribution in [0.3, 0.4) is 0 Å². The van der Waals surface area contributed by atoms with Gasteiger partial charge in [0.25, 0.3) is 0 Å². The summed E-state index contributed by atoms with van der Waals surface area (Å²) >= 11 is 0. The first-order chi connectivity index (χ1) is 11.1. The van der Waals surface area contributed by atoms with Gasteiger partial charge in [-0.3, -0.25) is 4.70 Å². The molecular formula is C22H31AuF6NPSb-5. The van der Waals surface area contributed by atoms with Gasteiger partial charge in [-0.05, 0) is 26.7 Å². The van der Waals surface area contributed by atoms with Crippen molar-refractivity contribution in [3.05, 3.63) is 54.6 Å². The molecule has 0 spiro atoms. The molecule has 0 saturated heterocycles. The van der Waals surface area contributed by atoms with Gasteiger partial charge < -0.3 is 23.5 Å². The molecule has 10 heteroatoms. The summed E-state index contributed by atoms with van der Waals surface area (Å²) in [7, 11) is -0.282. The predicted octanol–water partition coefficient (Wildman–Crippen LogP) is -8.62. The van der Waals surface area contributed by atoms with Crippen molar-refractivity contribution in [2.45, 2.75) is 58.8 Å². The summed E-state index contributed by atoms with van der Waals surface area (Å²) in [6.45, 7) is 15.7. The van der Waals surface area contributed by atoms with Crippen LogP contribution in [0.1, 0.15) is 48.5 Å². The number of hydrogen-bond acceptors (Lipinski definition) is 1. The molecule has 0 aromatic heterocycles. The van der Waals surface area contributed by atoms with E-state index in [0.29, 0.717) is 10.3 Å². The number of rotatable bonds is 2. The summed E-state index contributed by atoms with van der Waals surface area (Å²) in [6.07, 6.45) is 0. The molecule has 4 radical (unpaired) electrons. The van der Waals surface area contributed by atoms with Crippen LogP contribution in [0.15, 0.2) is 54.6 Å². The zero-order chi connectivity index (χ0) is 18.4. The van der Waals surface area contributed by atoms with E-state index in [-0.39, 0.29) is 83.0 Å². The molecular weight excluding hydrogens is 742 g/mol. The number of benzene rings is 2. The van der Waals surface area contributed by atoms with E-state index in [9.17, 15) is 0 Å². The molecule has 0 heterocycles. The van der Waals surface area contributed by atoms with Crippen LogP contribution >= 0.6 is 7.92 Å². The first kappa shape index (κ1) is 53.1. The molecule has 2 aromatic carbocycles. The van der Waals surface area contributed by atoms with E-state index in [2.05, 4.69) is 96.1 Å². The van der Waals surface area contributed by atoms with Gasteiger partial charge in [-0.2, -0.15) is 5.26 Å². The van der Waals surface area contributed by atoms with Crippen molar-refractivity contribution in [1.82, 2.24) is 0 Å². The molecule has 32 heavy (non-hydrogen) atoms. The summed E-state index contributed by atoms with van der Waals surface area (Å²) in [5, 5.41) is 9.43. The van der Waals surface area contributed by atoms with Crippen molar-refractivity contribution in [1.29, 1.82) is 5.26 Å². The second-order valence-corrected chi connectivity index (χ2v) is 11.6.